The number of nitrogens with zero attached hydrogens (tertiary/aromatic N) is 1. The van der Waals surface area contributed by atoms with E-state index in [-0.39, 0.29) is 12.2 Å². The number of aliphatic carboxylic acids is 1. The van der Waals surface area contributed by atoms with Gasteiger partial charge in [-0.3, -0.25) is 9.59 Å². The zero-order chi connectivity index (χ0) is 14.1. The summed E-state index contributed by atoms with van der Waals surface area (Å²) in [7, 11) is 0. The molecule has 0 bridgehead atoms. The van der Waals surface area contributed by atoms with Crippen LogP contribution in [0.4, 0.5) is 0 Å². The Labute approximate surface area is 118 Å². The molecule has 0 saturated heterocycles. The van der Waals surface area contributed by atoms with Crippen LogP contribution in [0.25, 0.3) is 5.52 Å². The fourth-order valence-electron chi connectivity index (χ4n) is 2.19. The predicted octanol–water partition coefficient (Wildman–Crippen LogP) is 2.86. The molecule has 20 heavy (non-hydrogen) atoms. The van der Waals surface area contributed by atoms with Crippen LogP contribution >= 0.6 is 11.3 Å². The standard InChI is InChI=1S/C15H11NO3S/c17-14(18)9-10-7-11-3-1-5-16(11)12(8-10)15(19)13-4-2-6-20-13/h1-8H,9H2,(H,17,18). The van der Waals surface area contributed by atoms with Crippen molar-refractivity contribution in [2.24, 2.45) is 0 Å². The molecule has 0 radical (unpaired) electrons. The van der Waals surface area contributed by atoms with E-state index in [0.717, 1.165) is 5.52 Å². The molecule has 5 heteroatoms. The Hall–Kier alpha value is -2.40. The van der Waals surface area contributed by atoms with Gasteiger partial charge in [0, 0.05) is 11.7 Å². The number of aromatic nitrogens is 1. The highest BCUT2D eigenvalue weighted by molar-refractivity contribution is 7.12. The molecular formula is C15H11NO3S. The fourth-order valence-corrected chi connectivity index (χ4v) is 2.87. The average molecular weight is 285 g/mol. The first kappa shape index (κ1) is 12.6. The molecule has 0 amide bonds. The average Bonchev–Trinajstić information content (AvgIpc) is 3.07. The van der Waals surface area contributed by atoms with Crippen molar-refractivity contribution in [3.63, 3.8) is 0 Å². The van der Waals surface area contributed by atoms with Crippen LogP contribution in [0.15, 0.2) is 48.0 Å². The van der Waals surface area contributed by atoms with E-state index in [1.807, 2.05) is 23.6 Å². The number of rotatable bonds is 4. The summed E-state index contributed by atoms with van der Waals surface area (Å²) >= 11 is 1.38. The largest absolute Gasteiger partial charge is 0.481 e. The number of thiophene rings is 1. The molecule has 0 atom stereocenters. The van der Waals surface area contributed by atoms with Gasteiger partial charge in [-0.05, 0) is 41.3 Å². The number of ketones is 1. The summed E-state index contributed by atoms with van der Waals surface area (Å²) in [4.78, 5) is 24.0. The molecule has 100 valence electrons. The van der Waals surface area contributed by atoms with Crippen molar-refractivity contribution in [1.29, 1.82) is 0 Å². The molecule has 3 heterocycles. The van der Waals surface area contributed by atoms with Crippen molar-refractivity contribution in [3.8, 4) is 0 Å². The quantitative estimate of drug-likeness (QED) is 0.750. The zero-order valence-electron chi connectivity index (χ0n) is 10.4. The molecule has 0 aliphatic rings. The van der Waals surface area contributed by atoms with Crippen LogP contribution in [0.2, 0.25) is 0 Å². The van der Waals surface area contributed by atoms with Crippen LogP contribution < -0.4 is 0 Å². The van der Waals surface area contributed by atoms with E-state index in [2.05, 4.69) is 0 Å². The van der Waals surface area contributed by atoms with E-state index in [4.69, 9.17) is 5.11 Å². The SMILES string of the molecule is O=C(O)Cc1cc(C(=O)c2cccs2)n2cccc2c1. The van der Waals surface area contributed by atoms with Crippen LogP contribution in [0, 0.1) is 0 Å². The third kappa shape index (κ3) is 2.23. The van der Waals surface area contributed by atoms with Crippen LogP contribution in [0.3, 0.4) is 0 Å². The molecule has 3 aromatic heterocycles. The molecule has 1 N–H and O–H groups in total. The third-order valence-electron chi connectivity index (χ3n) is 3.03. The van der Waals surface area contributed by atoms with Crippen molar-refractivity contribution in [1.82, 2.24) is 4.40 Å². The number of fused-ring (bicyclic) bond motifs is 1. The van der Waals surface area contributed by atoms with E-state index in [0.29, 0.717) is 16.1 Å². The summed E-state index contributed by atoms with van der Waals surface area (Å²) in [6, 6.07) is 10.7. The van der Waals surface area contributed by atoms with Gasteiger partial charge in [-0.15, -0.1) is 11.3 Å². The van der Waals surface area contributed by atoms with Crippen molar-refractivity contribution in [2.75, 3.05) is 0 Å². The Morgan fingerprint density at radius 1 is 1.20 bits per heavy atom. The molecule has 0 aromatic carbocycles. The third-order valence-corrected chi connectivity index (χ3v) is 3.90. The van der Waals surface area contributed by atoms with Gasteiger partial charge in [0.05, 0.1) is 17.0 Å². The van der Waals surface area contributed by atoms with Gasteiger partial charge in [-0.1, -0.05) is 6.07 Å². The summed E-state index contributed by atoms with van der Waals surface area (Å²) in [5.41, 5.74) is 1.94. The van der Waals surface area contributed by atoms with Crippen molar-refractivity contribution < 1.29 is 14.7 Å². The Balaban J connectivity index is 2.15. The first-order valence-electron chi connectivity index (χ1n) is 6.05. The molecule has 0 unspecified atom stereocenters. The summed E-state index contributed by atoms with van der Waals surface area (Å²) in [6.07, 6.45) is 1.72. The maximum atomic E-state index is 12.5. The highest BCUT2D eigenvalue weighted by atomic mass is 32.1. The molecule has 0 aliphatic heterocycles. The van der Waals surface area contributed by atoms with E-state index in [1.54, 1.807) is 28.8 Å². The van der Waals surface area contributed by atoms with Gasteiger partial charge in [0.25, 0.3) is 0 Å². The molecule has 0 aliphatic carbocycles. The molecule has 3 rings (SSSR count). The summed E-state index contributed by atoms with van der Waals surface area (Å²) in [5.74, 6) is -0.996. The van der Waals surface area contributed by atoms with Gasteiger partial charge < -0.3 is 9.51 Å². The van der Waals surface area contributed by atoms with Crippen LogP contribution in [-0.2, 0) is 11.2 Å². The number of carbonyl (C=O) groups excluding carboxylic acids is 1. The number of hydrogen-bond donors (Lipinski definition) is 1. The van der Waals surface area contributed by atoms with E-state index < -0.39 is 5.97 Å². The van der Waals surface area contributed by atoms with Gasteiger partial charge in [0.15, 0.2) is 0 Å². The first-order valence-corrected chi connectivity index (χ1v) is 6.93. The second kappa shape index (κ2) is 4.94. The number of carboxylic acid groups (broad SMARTS) is 1. The number of carbonyl (C=O) groups is 2. The van der Waals surface area contributed by atoms with Crippen LogP contribution in [0.1, 0.15) is 20.9 Å². The second-order valence-electron chi connectivity index (χ2n) is 4.43. The highest BCUT2D eigenvalue weighted by Gasteiger charge is 2.15. The molecular weight excluding hydrogens is 274 g/mol. The van der Waals surface area contributed by atoms with E-state index in [1.165, 1.54) is 11.3 Å². The van der Waals surface area contributed by atoms with Gasteiger partial charge >= 0.3 is 5.97 Å². The van der Waals surface area contributed by atoms with Crippen molar-refractivity contribution in [3.05, 3.63) is 64.1 Å². The molecule has 0 saturated carbocycles. The maximum absolute atomic E-state index is 12.5. The fraction of sp³-hybridized carbons (Fsp3) is 0.0667. The van der Waals surface area contributed by atoms with Gasteiger partial charge in [0.1, 0.15) is 0 Å². The van der Waals surface area contributed by atoms with Gasteiger partial charge in [-0.25, -0.2) is 0 Å². The molecule has 4 nitrogen and oxygen atoms in total. The lowest BCUT2D eigenvalue weighted by atomic mass is 10.1. The van der Waals surface area contributed by atoms with E-state index in [9.17, 15) is 9.59 Å². The monoisotopic (exact) mass is 285 g/mol. The maximum Gasteiger partial charge on any atom is 0.307 e. The lowest BCUT2D eigenvalue weighted by molar-refractivity contribution is -0.136. The Kier molecular flexibility index (Phi) is 3.12. The number of carboxylic acids is 1. The Morgan fingerprint density at radius 2 is 2.05 bits per heavy atom. The molecule has 3 aromatic rings. The normalized spacial score (nSPS) is 10.8. The lowest BCUT2D eigenvalue weighted by Crippen LogP contribution is -2.08. The summed E-state index contributed by atoms with van der Waals surface area (Å²) in [5, 5.41) is 10.8. The number of hydrogen-bond acceptors (Lipinski definition) is 3. The molecule has 0 spiro atoms. The van der Waals surface area contributed by atoms with Crippen molar-refractivity contribution >= 4 is 28.6 Å². The summed E-state index contributed by atoms with van der Waals surface area (Å²) in [6.45, 7) is 0. The molecule has 0 fully saturated rings. The van der Waals surface area contributed by atoms with Gasteiger partial charge in [0.2, 0.25) is 5.78 Å². The summed E-state index contributed by atoms with van der Waals surface area (Å²) < 4.78 is 1.79. The zero-order valence-corrected chi connectivity index (χ0v) is 11.3. The van der Waals surface area contributed by atoms with E-state index >= 15 is 0 Å². The minimum Gasteiger partial charge on any atom is -0.481 e. The highest BCUT2D eigenvalue weighted by Crippen LogP contribution is 2.19. The lowest BCUT2D eigenvalue weighted by Gasteiger charge is -2.07. The van der Waals surface area contributed by atoms with Crippen LogP contribution in [0.5, 0.6) is 0 Å². The van der Waals surface area contributed by atoms with Crippen molar-refractivity contribution in [2.45, 2.75) is 6.42 Å². The Morgan fingerprint density at radius 3 is 2.75 bits per heavy atom. The topological polar surface area (TPSA) is 58.8 Å². The van der Waals surface area contributed by atoms with Crippen LogP contribution in [-0.4, -0.2) is 21.3 Å². The minimum atomic E-state index is -0.907. The predicted molar refractivity (Wildman–Crippen MR) is 76.5 cm³/mol. The smallest absolute Gasteiger partial charge is 0.307 e. The second-order valence-corrected chi connectivity index (χ2v) is 5.38. The first-order chi connectivity index (χ1) is 9.65. The minimum absolute atomic E-state index is 0.0894. The number of pyridine rings is 1. The Bertz CT molecular complexity index is 787. The van der Waals surface area contributed by atoms with Gasteiger partial charge in [-0.2, -0.15) is 0 Å².